The lowest BCUT2D eigenvalue weighted by Crippen LogP contribution is -2.41. The summed E-state index contributed by atoms with van der Waals surface area (Å²) in [5, 5.41) is 4.10. The molecule has 154 valence electrons. The second-order valence-corrected chi connectivity index (χ2v) is 8.35. The van der Waals surface area contributed by atoms with E-state index in [0.29, 0.717) is 31.6 Å². The first-order chi connectivity index (χ1) is 13.6. The average molecular weight is 404 g/mol. The quantitative estimate of drug-likeness (QED) is 0.673. The summed E-state index contributed by atoms with van der Waals surface area (Å²) in [5.41, 5.74) is -0.0462. The van der Waals surface area contributed by atoms with E-state index in [4.69, 9.17) is 4.74 Å². The van der Waals surface area contributed by atoms with Crippen molar-refractivity contribution in [3.63, 3.8) is 0 Å². The summed E-state index contributed by atoms with van der Waals surface area (Å²) in [6.07, 6.45) is 0.911. The first-order valence-electron chi connectivity index (χ1n) is 9.51. The van der Waals surface area contributed by atoms with Crippen LogP contribution in [0.25, 0.3) is 16.6 Å². The highest BCUT2D eigenvalue weighted by Gasteiger charge is 2.28. The molecule has 1 amide bonds. The number of nitrogens with one attached hydrogen (secondary N) is 1. The van der Waals surface area contributed by atoms with E-state index in [0.717, 1.165) is 16.6 Å². The normalized spacial score (nSPS) is 16.0. The van der Waals surface area contributed by atoms with E-state index < -0.39 is 22.8 Å². The topological polar surface area (TPSA) is 79.7 Å². The van der Waals surface area contributed by atoms with Crippen molar-refractivity contribution in [3.8, 4) is 0 Å². The van der Waals surface area contributed by atoms with Crippen molar-refractivity contribution in [2.24, 2.45) is 0 Å². The van der Waals surface area contributed by atoms with E-state index in [1.807, 2.05) is 20.8 Å². The Hall–Kier alpha value is -2.97. The number of aromatic nitrogens is 3. The monoisotopic (exact) mass is 404 g/mol. The molecular formula is C20H22F2N4O3. The number of hydrogen-bond donors (Lipinski definition) is 1. The maximum Gasteiger partial charge on any atom is 0.410 e. The van der Waals surface area contributed by atoms with Crippen LogP contribution in [0.3, 0.4) is 0 Å². The predicted octanol–water partition coefficient (Wildman–Crippen LogP) is 3.57. The van der Waals surface area contributed by atoms with Crippen LogP contribution in [0.2, 0.25) is 0 Å². The second kappa shape index (κ2) is 6.82. The molecular weight excluding hydrogens is 382 g/mol. The highest BCUT2D eigenvalue weighted by Crippen LogP contribution is 2.29. The Balaban J connectivity index is 1.62. The Morgan fingerprint density at radius 1 is 1.21 bits per heavy atom. The van der Waals surface area contributed by atoms with Crippen molar-refractivity contribution in [3.05, 3.63) is 45.9 Å². The molecule has 0 bridgehead atoms. The molecule has 0 radical (unpaired) electrons. The Morgan fingerprint density at radius 3 is 2.55 bits per heavy atom. The summed E-state index contributed by atoms with van der Waals surface area (Å²) in [6, 6.07) is 3.30. The zero-order valence-corrected chi connectivity index (χ0v) is 16.5. The number of ether oxygens (including phenoxy) is 1. The molecule has 3 aromatic rings. The standard InChI is InChI=1S/C20H22F2N4O3/c1-20(2,3)29-19(28)25-6-4-11(5-7-25)14-10-16(27)26-18(23-14)17-13(22)8-12(21)9-15(17)24-26/h8-11,23H,4-7H2,1-3H3. The van der Waals surface area contributed by atoms with Crippen LogP contribution in [0.15, 0.2) is 23.0 Å². The number of H-pyrrole nitrogens is 1. The molecule has 7 nitrogen and oxygen atoms in total. The molecule has 2 aromatic heterocycles. The van der Waals surface area contributed by atoms with E-state index >= 15 is 0 Å². The van der Waals surface area contributed by atoms with Gasteiger partial charge in [-0.3, -0.25) is 4.79 Å². The number of nitrogens with zero attached hydrogens (tertiary/aromatic N) is 3. The lowest BCUT2D eigenvalue weighted by atomic mass is 9.93. The fraction of sp³-hybridized carbons (Fsp3) is 0.450. The third-order valence-electron chi connectivity index (χ3n) is 5.03. The number of halogens is 2. The lowest BCUT2D eigenvalue weighted by molar-refractivity contribution is 0.0204. The van der Waals surface area contributed by atoms with Crippen LogP contribution in [-0.4, -0.2) is 44.3 Å². The van der Waals surface area contributed by atoms with Crippen LogP contribution in [0.4, 0.5) is 13.6 Å². The van der Waals surface area contributed by atoms with E-state index in [-0.39, 0.29) is 28.6 Å². The van der Waals surface area contributed by atoms with Crippen molar-refractivity contribution < 1.29 is 18.3 Å². The molecule has 4 rings (SSSR count). The third-order valence-corrected chi connectivity index (χ3v) is 5.03. The largest absolute Gasteiger partial charge is 0.444 e. The number of rotatable bonds is 1. The minimum atomic E-state index is -0.775. The number of likely N-dealkylation sites (tertiary alicyclic amines) is 1. The van der Waals surface area contributed by atoms with Gasteiger partial charge in [-0.1, -0.05) is 0 Å². The number of hydrogen-bond acceptors (Lipinski definition) is 4. The smallest absolute Gasteiger partial charge is 0.410 e. The number of aromatic amines is 1. The molecule has 1 aliphatic rings. The van der Waals surface area contributed by atoms with Gasteiger partial charge in [-0.05, 0) is 33.6 Å². The van der Waals surface area contributed by atoms with E-state index in [2.05, 4.69) is 10.1 Å². The van der Waals surface area contributed by atoms with E-state index in [1.54, 1.807) is 4.90 Å². The van der Waals surface area contributed by atoms with Crippen molar-refractivity contribution in [1.29, 1.82) is 0 Å². The number of carbonyl (C=O) groups excluding carboxylic acids is 1. The third kappa shape index (κ3) is 3.68. The van der Waals surface area contributed by atoms with E-state index in [9.17, 15) is 18.4 Å². The number of fused-ring (bicyclic) bond motifs is 3. The van der Waals surface area contributed by atoms with Crippen molar-refractivity contribution in [1.82, 2.24) is 19.5 Å². The van der Waals surface area contributed by atoms with Gasteiger partial charge in [0.05, 0.1) is 5.39 Å². The highest BCUT2D eigenvalue weighted by molar-refractivity contribution is 5.92. The molecule has 0 saturated carbocycles. The van der Waals surface area contributed by atoms with Gasteiger partial charge in [-0.2, -0.15) is 9.61 Å². The Morgan fingerprint density at radius 2 is 1.90 bits per heavy atom. The molecule has 1 aliphatic heterocycles. The first-order valence-corrected chi connectivity index (χ1v) is 9.51. The lowest BCUT2D eigenvalue weighted by Gasteiger charge is -2.33. The van der Waals surface area contributed by atoms with Crippen LogP contribution in [0, 0.1) is 11.6 Å². The van der Waals surface area contributed by atoms with Gasteiger partial charge < -0.3 is 14.6 Å². The number of carbonyl (C=O) groups is 1. The fourth-order valence-corrected chi connectivity index (χ4v) is 3.70. The first kappa shape index (κ1) is 19.4. The number of benzene rings is 1. The zero-order valence-electron chi connectivity index (χ0n) is 16.5. The molecule has 0 atom stereocenters. The molecule has 0 unspecified atom stereocenters. The molecule has 29 heavy (non-hydrogen) atoms. The summed E-state index contributed by atoms with van der Waals surface area (Å²) in [7, 11) is 0. The Bertz CT molecular complexity index is 1150. The SMILES string of the molecule is CC(C)(C)OC(=O)N1CCC(c2cc(=O)n3nc4cc(F)cc(F)c4c3[nH]2)CC1. The fourth-order valence-electron chi connectivity index (χ4n) is 3.70. The summed E-state index contributed by atoms with van der Waals surface area (Å²) < 4.78 is 34.2. The molecule has 1 N–H and O–H groups in total. The van der Waals surface area contributed by atoms with Crippen LogP contribution in [0.1, 0.15) is 45.2 Å². The molecule has 0 spiro atoms. The summed E-state index contributed by atoms with van der Waals surface area (Å²) in [4.78, 5) is 29.5. The number of piperidine rings is 1. The van der Waals surface area contributed by atoms with Gasteiger partial charge in [0, 0.05) is 42.9 Å². The Labute approximate surface area is 165 Å². The van der Waals surface area contributed by atoms with Crippen molar-refractivity contribution >= 4 is 22.6 Å². The maximum absolute atomic E-state index is 14.3. The van der Waals surface area contributed by atoms with Gasteiger partial charge in [0.1, 0.15) is 28.4 Å². The van der Waals surface area contributed by atoms with Crippen LogP contribution >= 0.6 is 0 Å². The second-order valence-electron chi connectivity index (χ2n) is 8.35. The summed E-state index contributed by atoms with van der Waals surface area (Å²) in [5.74, 6) is -1.53. The predicted molar refractivity (Wildman–Crippen MR) is 103 cm³/mol. The van der Waals surface area contributed by atoms with Crippen molar-refractivity contribution in [2.75, 3.05) is 13.1 Å². The van der Waals surface area contributed by atoms with Crippen molar-refractivity contribution in [2.45, 2.75) is 45.1 Å². The van der Waals surface area contributed by atoms with E-state index in [1.165, 1.54) is 6.07 Å². The Kier molecular flexibility index (Phi) is 4.55. The molecule has 3 heterocycles. The zero-order chi connectivity index (χ0) is 20.9. The van der Waals surface area contributed by atoms with Crippen LogP contribution < -0.4 is 5.56 Å². The molecule has 9 heteroatoms. The molecule has 1 saturated heterocycles. The number of amides is 1. The van der Waals surface area contributed by atoms with Gasteiger partial charge in [0.15, 0.2) is 0 Å². The molecule has 1 aromatic carbocycles. The van der Waals surface area contributed by atoms with Gasteiger partial charge in [-0.25, -0.2) is 13.6 Å². The van der Waals surface area contributed by atoms with Gasteiger partial charge >= 0.3 is 6.09 Å². The maximum atomic E-state index is 14.3. The van der Waals surface area contributed by atoms with Crippen LogP contribution in [-0.2, 0) is 4.74 Å². The highest BCUT2D eigenvalue weighted by atomic mass is 19.1. The minimum Gasteiger partial charge on any atom is -0.444 e. The minimum absolute atomic E-state index is 0.000142. The molecule has 0 aliphatic carbocycles. The van der Waals surface area contributed by atoms with Crippen LogP contribution in [0.5, 0.6) is 0 Å². The van der Waals surface area contributed by atoms with Gasteiger partial charge in [-0.15, -0.1) is 0 Å². The summed E-state index contributed by atoms with van der Waals surface area (Å²) >= 11 is 0. The van der Waals surface area contributed by atoms with Gasteiger partial charge in [0.2, 0.25) is 0 Å². The van der Waals surface area contributed by atoms with Gasteiger partial charge in [0.25, 0.3) is 5.56 Å². The average Bonchev–Trinajstić information content (AvgIpc) is 2.99. The summed E-state index contributed by atoms with van der Waals surface area (Å²) in [6.45, 7) is 6.44. The molecule has 1 fully saturated rings.